The van der Waals surface area contributed by atoms with Crippen molar-refractivity contribution in [2.75, 3.05) is 32.1 Å². The van der Waals surface area contributed by atoms with Crippen molar-refractivity contribution in [2.45, 2.75) is 12.8 Å². The van der Waals surface area contributed by atoms with Crippen molar-refractivity contribution in [2.24, 2.45) is 0 Å². The molecule has 4 heteroatoms. The van der Waals surface area contributed by atoms with Gasteiger partial charge in [0.05, 0.1) is 0 Å². The van der Waals surface area contributed by atoms with Crippen LogP contribution in [0.5, 0.6) is 0 Å². The molecule has 0 saturated heterocycles. The molecule has 18 heavy (non-hydrogen) atoms. The third-order valence-corrected chi connectivity index (χ3v) is 4.90. The Hall–Kier alpha value is -0.450. The van der Waals surface area contributed by atoms with E-state index in [0.717, 1.165) is 30.0 Å². The van der Waals surface area contributed by atoms with Gasteiger partial charge in [-0.2, -0.15) is 0 Å². The highest BCUT2D eigenvalue weighted by molar-refractivity contribution is 8.76. The van der Waals surface area contributed by atoms with Crippen LogP contribution in [0.15, 0.2) is 30.3 Å². The number of Topliss-reactive ketones (excluding diaryl/α,β-unsaturated/α-hetero) is 1. The molecule has 0 radical (unpaired) electrons. The van der Waals surface area contributed by atoms with Crippen molar-refractivity contribution in [1.29, 1.82) is 0 Å². The van der Waals surface area contributed by atoms with Crippen molar-refractivity contribution >= 4 is 27.4 Å². The first-order chi connectivity index (χ1) is 8.70. The zero-order chi connectivity index (χ0) is 13.2. The molecule has 0 aromatic heterocycles. The monoisotopic (exact) mass is 283 g/mol. The summed E-state index contributed by atoms with van der Waals surface area (Å²) in [5, 5.41) is 0. The van der Waals surface area contributed by atoms with Crippen LogP contribution >= 0.6 is 21.6 Å². The summed E-state index contributed by atoms with van der Waals surface area (Å²) >= 11 is 0. The quantitative estimate of drug-likeness (QED) is 0.392. The van der Waals surface area contributed by atoms with Crippen LogP contribution in [0.1, 0.15) is 23.2 Å². The molecular formula is C14H21NOS2. The van der Waals surface area contributed by atoms with E-state index in [4.69, 9.17) is 0 Å². The van der Waals surface area contributed by atoms with Gasteiger partial charge in [-0.3, -0.25) is 4.79 Å². The predicted octanol–water partition coefficient (Wildman–Crippen LogP) is 3.59. The van der Waals surface area contributed by atoms with Gasteiger partial charge in [-0.25, -0.2) is 0 Å². The van der Waals surface area contributed by atoms with Crippen LogP contribution in [0.4, 0.5) is 0 Å². The molecule has 0 amide bonds. The lowest BCUT2D eigenvalue weighted by Gasteiger charge is -2.07. The molecule has 0 N–H and O–H groups in total. The van der Waals surface area contributed by atoms with E-state index in [1.165, 1.54) is 0 Å². The maximum atomic E-state index is 11.8. The Labute approximate surface area is 118 Å². The summed E-state index contributed by atoms with van der Waals surface area (Å²) in [5.74, 6) is 2.45. The van der Waals surface area contributed by atoms with Crippen LogP contribution in [0.3, 0.4) is 0 Å². The van der Waals surface area contributed by atoms with Crippen LogP contribution in [0.2, 0.25) is 0 Å². The summed E-state index contributed by atoms with van der Waals surface area (Å²) in [7, 11) is 7.94. The molecule has 2 nitrogen and oxygen atoms in total. The van der Waals surface area contributed by atoms with Gasteiger partial charge in [-0.15, -0.1) is 0 Å². The van der Waals surface area contributed by atoms with Crippen LogP contribution in [-0.2, 0) is 0 Å². The first-order valence-electron chi connectivity index (χ1n) is 6.17. The molecule has 0 aliphatic rings. The average molecular weight is 283 g/mol. The maximum Gasteiger partial charge on any atom is 0.162 e. The Morgan fingerprint density at radius 2 is 1.78 bits per heavy atom. The van der Waals surface area contributed by atoms with E-state index in [9.17, 15) is 4.79 Å². The Balaban J connectivity index is 2.03. The van der Waals surface area contributed by atoms with Crippen molar-refractivity contribution in [3.8, 4) is 0 Å². The molecule has 1 rings (SSSR count). The molecular weight excluding hydrogens is 262 g/mol. The largest absolute Gasteiger partial charge is 0.309 e. The Morgan fingerprint density at radius 3 is 2.44 bits per heavy atom. The summed E-state index contributed by atoms with van der Waals surface area (Å²) < 4.78 is 0. The number of benzene rings is 1. The molecule has 0 spiro atoms. The SMILES string of the molecule is CN(C)CCSSCCCC(=O)c1ccccc1. The van der Waals surface area contributed by atoms with Crippen molar-refractivity contribution in [3.63, 3.8) is 0 Å². The third kappa shape index (κ3) is 7.09. The van der Waals surface area contributed by atoms with Crippen LogP contribution < -0.4 is 0 Å². The minimum Gasteiger partial charge on any atom is -0.309 e. The third-order valence-electron chi connectivity index (χ3n) is 2.43. The zero-order valence-electron chi connectivity index (χ0n) is 11.1. The second kappa shape index (κ2) is 9.48. The van der Waals surface area contributed by atoms with Gasteiger partial charge in [-0.1, -0.05) is 51.9 Å². The van der Waals surface area contributed by atoms with E-state index in [0.29, 0.717) is 6.42 Å². The normalized spacial score (nSPS) is 10.8. The van der Waals surface area contributed by atoms with E-state index in [2.05, 4.69) is 19.0 Å². The van der Waals surface area contributed by atoms with Gasteiger partial charge in [-0.05, 0) is 20.5 Å². The van der Waals surface area contributed by atoms with Crippen molar-refractivity contribution in [1.82, 2.24) is 4.90 Å². The van der Waals surface area contributed by atoms with Gasteiger partial charge in [0, 0.05) is 30.0 Å². The predicted molar refractivity (Wildman–Crippen MR) is 83.5 cm³/mol. The van der Waals surface area contributed by atoms with E-state index in [1.807, 2.05) is 51.9 Å². The zero-order valence-corrected chi connectivity index (χ0v) is 12.7. The molecule has 1 aromatic rings. The Kier molecular flexibility index (Phi) is 8.22. The van der Waals surface area contributed by atoms with E-state index >= 15 is 0 Å². The standard InChI is InChI=1S/C14H21NOS2/c1-15(2)10-12-18-17-11-6-9-14(16)13-7-4-3-5-8-13/h3-5,7-8H,6,9-12H2,1-2H3. The molecule has 0 heterocycles. The van der Waals surface area contributed by atoms with Crippen LogP contribution in [0.25, 0.3) is 0 Å². The lowest BCUT2D eigenvalue weighted by atomic mass is 10.1. The molecule has 0 fully saturated rings. The van der Waals surface area contributed by atoms with Gasteiger partial charge in [0.15, 0.2) is 5.78 Å². The fourth-order valence-corrected chi connectivity index (χ4v) is 3.62. The summed E-state index contributed by atoms with van der Waals surface area (Å²) in [4.78, 5) is 14.0. The van der Waals surface area contributed by atoms with E-state index in [1.54, 1.807) is 0 Å². The summed E-state index contributed by atoms with van der Waals surface area (Å²) in [5.41, 5.74) is 0.836. The van der Waals surface area contributed by atoms with Gasteiger partial charge in [0.1, 0.15) is 0 Å². The molecule has 0 unspecified atom stereocenters. The highest BCUT2D eigenvalue weighted by Gasteiger charge is 2.04. The number of nitrogens with zero attached hydrogens (tertiary/aromatic N) is 1. The van der Waals surface area contributed by atoms with Crippen LogP contribution in [0, 0.1) is 0 Å². The first kappa shape index (κ1) is 15.6. The first-order valence-corrected chi connectivity index (χ1v) is 8.66. The molecule has 0 atom stereocenters. The topological polar surface area (TPSA) is 20.3 Å². The van der Waals surface area contributed by atoms with Gasteiger partial charge >= 0.3 is 0 Å². The fourth-order valence-electron chi connectivity index (χ4n) is 1.40. The number of carbonyl (C=O) groups excluding carboxylic acids is 1. The van der Waals surface area contributed by atoms with E-state index < -0.39 is 0 Å². The molecule has 1 aromatic carbocycles. The minimum absolute atomic E-state index is 0.259. The number of carbonyl (C=O) groups is 1. The number of ketones is 1. The molecule has 100 valence electrons. The number of hydrogen-bond acceptors (Lipinski definition) is 4. The fraction of sp³-hybridized carbons (Fsp3) is 0.500. The Bertz CT molecular complexity index is 341. The van der Waals surface area contributed by atoms with Crippen molar-refractivity contribution < 1.29 is 4.79 Å². The summed E-state index contributed by atoms with van der Waals surface area (Å²) in [6.07, 6.45) is 1.62. The van der Waals surface area contributed by atoms with Gasteiger partial charge < -0.3 is 4.90 Å². The number of rotatable bonds is 9. The lowest BCUT2D eigenvalue weighted by molar-refractivity contribution is 0.0982. The number of hydrogen-bond donors (Lipinski definition) is 0. The Morgan fingerprint density at radius 1 is 1.11 bits per heavy atom. The maximum absolute atomic E-state index is 11.8. The highest BCUT2D eigenvalue weighted by atomic mass is 33.1. The minimum atomic E-state index is 0.259. The molecule has 0 saturated carbocycles. The molecule has 0 aliphatic carbocycles. The summed E-state index contributed by atoms with van der Waals surface area (Å²) in [6.45, 7) is 1.11. The molecule has 0 bridgehead atoms. The average Bonchev–Trinajstić information content (AvgIpc) is 2.38. The van der Waals surface area contributed by atoms with Crippen molar-refractivity contribution in [3.05, 3.63) is 35.9 Å². The second-order valence-corrected chi connectivity index (χ2v) is 7.04. The van der Waals surface area contributed by atoms with Gasteiger partial charge in [0.25, 0.3) is 0 Å². The molecule has 0 aliphatic heterocycles. The van der Waals surface area contributed by atoms with Crippen LogP contribution in [-0.4, -0.2) is 42.8 Å². The highest BCUT2D eigenvalue weighted by Crippen LogP contribution is 2.22. The van der Waals surface area contributed by atoms with Gasteiger partial charge in [0.2, 0.25) is 0 Å². The lowest BCUT2D eigenvalue weighted by Crippen LogP contribution is -2.14. The second-order valence-electron chi connectivity index (χ2n) is 4.34. The summed E-state index contributed by atoms with van der Waals surface area (Å²) in [6, 6.07) is 9.55. The van der Waals surface area contributed by atoms with E-state index in [-0.39, 0.29) is 5.78 Å². The smallest absolute Gasteiger partial charge is 0.162 e.